The lowest BCUT2D eigenvalue weighted by Crippen LogP contribution is -2.37. The number of rotatable bonds is 5. The Labute approximate surface area is 119 Å². The molecule has 7 nitrogen and oxygen atoms in total. The average molecular weight is 281 g/mol. The number of hydrogen-bond donors (Lipinski definition) is 1. The molecular formula is C13H23N5O2. The van der Waals surface area contributed by atoms with E-state index in [1.54, 1.807) is 11.6 Å². The van der Waals surface area contributed by atoms with Crippen LogP contribution in [0.1, 0.15) is 25.5 Å². The van der Waals surface area contributed by atoms with E-state index in [-0.39, 0.29) is 10.6 Å². The first-order chi connectivity index (χ1) is 9.54. The molecule has 0 saturated carbocycles. The first-order valence-corrected chi connectivity index (χ1v) is 7.18. The summed E-state index contributed by atoms with van der Waals surface area (Å²) < 4.78 is 1.73. The fourth-order valence-electron chi connectivity index (χ4n) is 2.93. The van der Waals surface area contributed by atoms with Crippen LogP contribution in [0.2, 0.25) is 0 Å². The summed E-state index contributed by atoms with van der Waals surface area (Å²) in [6.45, 7) is 7.17. The first-order valence-electron chi connectivity index (χ1n) is 7.18. The van der Waals surface area contributed by atoms with Gasteiger partial charge in [0.15, 0.2) is 0 Å². The Balaban J connectivity index is 2.23. The molecule has 2 heterocycles. The van der Waals surface area contributed by atoms with Crippen molar-refractivity contribution in [1.29, 1.82) is 0 Å². The number of piperidine rings is 1. The largest absolute Gasteiger partial charge is 0.354 e. The Morgan fingerprint density at radius 2 is 2.35 bits per heavy atom. The van der Waals surface area contributed by atoms with E-state index in [0.29, 0.717) is 24.0 Å². The van der Waals surface area contributed by atoms with E-state index in [0.717, 1.165) is 19.6 Å². The maximum Gasteiger partial charge on any atom is 0.333 e. The van der Waals surface area contributed by atoms with Gasteiger partial charge in [0.05, 0.1) is 4.92 Å². The van der Waals surface area contributed by atoms with E-state index in [9.17, 15) is 10.1 Å². The second-order valence-electron chi connectivity index (χ2n) is 5.42. The van der Waals surface area contributed by atoms with Crippen LogP contribution in [-0.2, 0) is 6.54 Å². The van der Waals surface area contributed by atoms with E-state index in [1.807, 2.05) is 18.9 Å². The Kier molecular flexibility index (Phi) is 4.59. The van der Waals surface area contributed by atoms with Gasteiger partial charge in [0.1, 0.15) is 5.69 Å². The fraction of sp³-hybridized carbons (Fsp3) is 0.769. The van der Waals surface area contributed by atoms with Gasteiger partial charge in [-0.05, 0) is 45.7 Å². The summed E-state index contributed by atoms with van der Waals surface area (Å²) in [7, 11) is 1.92. The molecule has 1 unspecified atom stereocenters. The quantitative estimate of drug-likeness (QED) is 0.654. The number of anilines is 1. The number of nitro groups is 1. The average Bonchev–Trinajstić information content (AvgIpc) is 2.76. The van der Waals surface area contributed by atoms with Crippen molar-refractivity contribution >= 4 is 11.5 Å². The van der Waals surface area contributed by atoms with Gasteiger partial charge in [-0.15, -0.1) is 0 Å². The lowest BCUT2D eigenvalue weighted by atomic mass is 9.99. The summed E-state index contributed by atoms with van der Waals surface area (Å²) in [5.41, 5.74) is 0.624. The molecule has 1 aliphatic rings. The third-order valence-electron chi connectivity index (χ3n) is 3.84. The molecule has 0 radical (unpaired) electrons. The van der Waals surface area contributed by atoms with Crippen LogP contribution in [0.5, 0.6) is 0 Å². The summed E-state index contributed by atoms with van der Waals surface area (Å²) >= 11 is 0. The minimum atomic E-state index is -0.320. The molecule has 7 heteroatoms. The van der Waals surface area contributed by atoms with E-state index >= 15 is 0 Å². The third kappa shape index (κ3) is 2.92. The second kappa shape index (κ2) is 6.21. The summed E-state index contributed by atoms with van der Waals surface area (Å²) in [4.78, 5) is 12.9. The Morgan fingerprint density at radius 1 is 1.60 bits per heavy atom. The number of hydrogen-bond acceptors (Lipinski definition) is 5. The molecule has 0 bridgehead atoms. The molecule has 0 spiro atoms. The van der Waals surface area contributed by atoms with Gasteiger partial charge in [-0.1, -0.05) is 0 Å². The fourth-order valence-corrected chi connectivity index (χ4v) is 2.93. The highest BCUT2D eigenvalue weighted by molar-refractivity contribution is 5.61. The molecule has 1 saturated heterocycles. The summed E-state index contributed by atoms with van der Waals surface area (Å²) in [5.74, 6) is 1.16. The molecule has 0 aromatic carbocycles. The number of nitrogens with one attached hydrogen (secondary N) is 1. The van der Waals surface area contributed by atoms with Gasteiger partial charge in [-0.3, -0.25) is 10.1 Å². The zero-order chi connectivity index (χ0) is 14.7. The van der Waals surface area contributed by atoms with E-state index < -0.39 is 0 Å². The van der Waals surface area contributed by atoms with E-state index in [4.69, 9.17) is 0 Å². The molecular weight excluding hydrogens is 258 g/mol. The van der Waals surface area contributed by atoms with Gasteiger partial charge >= 0.3 is 5.69 Å². The highest BCUT2D eigenvalue weighted by atomic mass is 16.6. The van der Waals surface area contributed by atoms with Crippen molar-refractivity contribution in [3.8, 4) is 0 Å². The molecule has 1 fully saturated rings. The number of nitrogens with zero attached hydrogens (tertiary/aromatic N) is 4. The molecule has 1 aliphatic heterocycles. The standard InChI is InChI=1S/C13H23N5O2/c1-4-17-13(12(18(19)20)10(2)15-17)16(3)9-11-6-5-7-14-8-11/h11,14H,4-9H2,1-3H3. The SMILES string of the molecule is CCn1nc(C)c([N+](=O)[O-])c1N(C)CC1CCCNC1. The van der Waals surface area contributed by atoms with Crippen LogP contribution in [0.3, 0.4) is 0 Å². The van der Waals surface area contributed by atoms with Crippen LogP contribution < -0.4 is 10.2 Å². The topological polar surface area (TPSA) is 76.2 Å². The molecule has 1 aromatic rings. The Morgan fingerprint density at radius 3 is 2.90 bits per heavy atom. The van der Waals surface area contributed by atoms with Crippen molar-refractivity contribution in [3.63, 3.8) is 0 Å². The minimum absolute atomic E-state index is 0.137. The monoisotopic (exact) mass is 281 g/mol. The number of aryl methyl sites for hydroxylation is 2. The molecule has 1 atom stereocenters. The highest BCUT2D eigenvalue weighted by Crippen LogP contribution is 2.31. The molecule has 0 aliphatic carbocycles. The summed E-state index contributed by atoms with van der Waals surface area (Å²) in [6.07, 6.45) is 2.34. The van der Waals surface area contributed by atoms with Crippen LogP contribution >= 0.6 is 0 Å². The van der Waals surface area contributed by atoms with Crippen molar-refractivity contribution in [3.05, 3.63) is 15.8 Å². The number of aromatic nitrogens is 2. The Bertz CT molecular complexity index is 479. The van der Waals surface area contributed by atoms with Crippen LogP contribution in [0.25, 0.3) is 0 Å². The normalized spacial score (nSPS) is 19.1. The molecule has 1 aromatic heterocycles. The second-order valence-corrected chi connectivity index (χ2v) is 5.42. The van der Waals surface area contributed by atoms with Gasteiger partial charge in [-0.2, -0.15) is 5.10 Å². The van der Waals surface area contributed by atoms with E-state index in [1.165, 1.54) is 12.8 Å². The van der Waals surface area contributed by atoms with Gasteiger partial charge in [-0.25, -0.2) is 4.68 Å². The van der Waals surface area contributed by atoms with Crippen molar-refractivity contribution in [2.75, 3.05) is 31.6 Å². The zero-order valence-corrected chi connectivity index (χ0v) is 12.4. The van der Waals surface area contributed by atoms with Crippen molar-refractivity contribution in [2.45, 2.75) is 33.2 Å². The maximum absolute atomic E-state index is 11.3. The molecule has 20 heavy (non-hydrogen) atoms. The van der Waals surface area contributed by atoms with Gasteiger partial charge in [0.2, 0.25) is 5.82 Å². The first kappa shape index (κ1) is 14.8. The van der Waals surface area contributed by atoms with Gasteiger partial charge < -0.3 is 10.2 Å². The zero-order valence-electron chi connectivity index (χ0n) is 12.4. The summed E-state index contributed by atoms with van der Waals surface area (Å²) in [6, 6.07) is 0. The predicted octanol–water partition coefficient (Wildman–Crippen LogP) is 1.56. The predicted molar refractivity (Wildman–Crippen MR) is 78.2 cm³/mol. The van der Waals surface area contributed by atoms with Crippen molar-refractivity contribution < 1.29 is 4.92 Å². The van der Waals surface area contributed by atoms with Crippen molar-refractivity contribution in [1.82, 2.24) is 15.1 Å². The van der Waals surface area contributed by atoms with Crippen LogP contribution in [0.15, 0.2) is 0 Å². The summed E-state index contributed by atoms with van der Waals surface area (Å²) in [5, 5.41) is 18.9. The van der Waals surface area contributed by atoms with Gasteiger partial charge in [0, 0.05) is 20.1 Å². The molecule has 2 rings (SSSR count). The molecule has 1 N–H and O–H groups in total. The highest BCUT2D eigenvalue weighted by Gasteiger charge is 2.28. The molecule has 112 valence electrons. The van der Waals surface area contributed by atoms with Crippen LogP contribution in [0.4, 0.5) is 11.5 Å². The van der Waals surface area contributed by atoms with Gasteiger partial charge in [0.25, 0.3) is 0 Å². The third-order valence-corrected chi connectivity index (χ3v) is 3.84. The lowest BCUT2D eigenvalue weighted by Gasteiger charge is -2.28. The van der Waals surface area contributed by atoms with Crippen LogP contribution in [-0.4, -0.2) is 41.4 Å². The maximum atomic E-state index is 11.3. The minimum Gasteiger partial charge on any atom is -0.354 e. The Hall–Kier alpha value is -1.63. The van der Waals surface area contributed by atoms with E-state index in [2.05, 4.69) is 10.4 Å². The van der Waals surface area contributed by atoms with Crippen molar-refractivity contribution in [2.24, 2.45) is 5.92 Å². The smallest absolute Gasteiger partial charge is 0.333 e. The lowest BCUT2D eigenvalue weighted by molar-refractivity contribution is -0.384. The molecule has 0 amide bonds. The van der Waals surface area contributed by atoms with Crippen LogP contribution in [0, 0.1) is 23.0 Å².